The predicted molar refractivity (Wildman–Crippen MR) is 116 cm³/mol. The van der Waals surface area contributed by atoms with Crippen LogP contribution in [0.5, 0.6) is 11.5 Å². The zero-order valence-electron chi connectivity index (χ0n) is 15.7. The van der Waals surface area contributed by atoms with E-state index < -0.39 is 0 Å². The lowest BCUT2D eigenvalue weighted by Crippen LogP contribution is -2.21. The number of carbonyl (C=O) groups excluding carboxylic acids is 1. The van der Waals surface area contributed by atoms with Crippen LogP contribution in [0.4, 0.5) is 5.69 Å². The van der Waals surface area contributed by atoms with Crippen molar-refractivity contribution >= 4 is 46.0 Å². The fourth-order valence-electron chi connectivity index (χ4n) is 2.77. The largest absolute Gasteiger partial charge is 0.493 e. The van der Waals surface area contributed by atoms with Gasteiger partial charge < -0.3 is 9.47 Å². The average Bonchev–Trinajstić information content (AvgIpc) is 2.92. The second-order valence-corrected chi connectivity index (χ2v) is 7.56. The summed E-state index contributed by atoms with van der Waals surface area (Å²) in [6, 6.07) is 13.2. The third-order valence-corrected chi connectivity index (χ3v) is 4.78. The number of hydrazone groups is 1. The number of amides is 1. The minimum atomic E-state index is -0.143. The van der Waals surface area contributed by atoms with E-state index in [0.717, 1.165) is 14.8 Å². The fraction of sp³-hybridized carbons (Fsp3) is 0.238. The van der Waals surface area contributed by atoms with Crippen molar-refractivity contribution in [1.29, 1.82) is 0 Å². The van der Waals surface area contributed by atoms with E-state index in [-0.39, 0.29) is 12.0 Å². The van der Waals surface area contributed by atoms with E-state index in [2.05, 4.69) is 27.7 Å². The molecule has 0 fully saturated rings. The van der Waals surface area contributed by atoms with E-state index in [0.29, 0.717) is 22.8 Å². The molecule has 3 rings (SSSR count). The van der Waals surface area contributed by atoms with Gasteiger partial charge in [-0.15, -0.1) is 0 Å². The Kier molecular flexibility index (Phi) is 5.84. The van der Waals surface area contributed by atoms with Crippen LogP contribution < -0.4 is 14.5 Å². The van der Waals surface area contributed by atoms with E-state index in [1.54, 1.807) is 7.11 Å². The number of ether oxygens (including phenoxy) is 2. The first-order valence-corrected chi connectivity index (χ1v) is 9.69. The first kappa shape index (κ1) is 19.4. The molecule has 0 saturated carbocycles. The predicted octanol–water partition coefficient (Wildman–Crippen LogP) is 4.89. The second-order valence-electron chi connectivity index (χ2n) is 6.40. The van der Waals surface area contributed by atoms with Gasteiger partial charge in [0.1, 0.15) is 0 Å². The molecule has 0 bridgehead atoms. The van der Waals surface area contributed by atoms with Gasteiger partial charge in [0, 0.05) is 0 Å². The van der Waals surface area contributed by atoms with Gasteiger partial charge in [-0.25, -0.2) is 0 Å². The highest BCUT2D eigenvalue weighted by molar-refractivity contribution is 14.1. The minimum Gasteiger partial charge on any atom is -0.493 e. The number of anilines is 1. The van der Waals surface area contributed by atoms with Crippen LogP contribution in [0.1, 0.15) is 26.3 Å². The number of methoxy groups -OCH3 is 1. The summed E-state index contributed by atoms with van der Waals surface area (Å²) in [6.45, 7) is 5.78. The maximum absolute atomic E-state index is 12.9. The molecule has 2 aromatic rings. The summed E-state index contributed by atoms with van der Waals surface area (Å²) < 4.78 is 12.3. The second kappa shape index (κ2) is 8.12. The summed E-state index contributed by atoms with van der Waals surface area (Å²) in [5.41, 5.74) is 2.85. The van der Waals surface area contributed by atoms with Crippen molar-refractivity contribution in [1.82, 2.24) is 0 Å². The van der Waals surface area contributed by atoms with Crippen LogP contribution in [-0.4, -0.2) is 24.8 Å². The first-order valence-electron chi connectivity index (χ1n) is 8.61. The van der Waals surface area contributed by atoms with Gasteiger partial charge in [0.25, 0.3) is 5.91 Å². The Labute approximate surface area is 172 Å². The molecule has 5 nitrogen and oxygen atoms in total. The molecule has 0 saturated heterocycles. The Morgan fingerprint density at radius 2 is 1.89 bits per heavy atom. The smallest absolute Gasteiger partial charge is 0.280 e. The number of hydrogen-bond donors (Lipinski definition) is 0. The number of rotatable bonds is 5. The van der Waals surface area contributed by atoms with Crippen LogP contribution in [-0.2, 0) is 4.79 Å². The summed E-state index contributed by atoms with van der Waals surface area (Å²) in [7, 11) is 1.61. The monoisotopic (exact) mass is 476 g/mol. The van der Waals surface area contributed by atoms with Crippen molar-refractivity contribution in [3.05, 3.63) is 57.2 Å². The van der Waals surface area contributed by atoms with Crippen LogP contribution in [0.3, 0.4) is 0 Å². The molecule has 1 aliphatic rings. The van der Waals surface area contributed by atoms with E-state index in [9.17, 15) is 4.79 Å². The van der Waals surface area contributed by atoms with Crippen LogP contribution in [0.15, 0.2) is 53.1 Å². The zero-order valence-corrected chi connectivity index (χ0v) is 17.9. The molecular weight excluding hydrogens is 455 g/mol. The van der Waals surface area contributed by atoms with Crippen LogP contribution in [0.25, 0.3) is 6.08 Å². The van der Waals surface area contributed by atoms with Gasteiger partial charge in [-0.1, -0.05) is 18.2 Å². The van der Waals surface area contributed by atoms with Crippen LogP contribution in [0, 0.1) is 3.57 Å². The molecule has 140 valence electrons. The van der Waals surface area contributed by atoms with Crippen molar-refractivity contribution < 1.29 is 14.3 Å². The van der Waals surface area contributed by atoms with Crippen molar-refractivity contribution in [2.24, 2.45) is 5.10 Å². The van der Waals surface area contributed by atoms with Crippen LogP contribution >= 0.6 is 22.6 Å². The molecule has 0 aromatic heterocycles. The number of nitrogens with zero attached hydrogens (tertiary/aromatic N) is 2. The maximum atomic E-state index is 12.9. The third-order valence-electron chi connectivity index (χ3n) is 3.98. The molecule has 1 heterocycles. The molecule has 0 aliphatic carbocycles. The summed E-state index contributed by atoms with van der Waals surface area (Å²) in [5, 5.41) is 5.84. The number of benzene rings is 2. The number of carbonyl (C=O) groups is 1. The first-order chi connectivity index (χ1) is 12.9. The summed E-state index contributed by atoms with van der Waals surface area (Å²) >= 11 is 2.22. The lowest BCUT2D eigenvalue weighted by atomic mass is 10.1. The lowest BCUT2D eigenvalue weighted by molar-refractivity contribution is -0.114. The molecule has 0 radical (unpaired) electrons. The average molecular weight is 476 g/mol. The molecule has 0 spiro atoms. The van der Waals surface area contributed by atoms with Gasteiger partial charge in [0.05, 0.1) is 33.8 Å². The number of halogens is 1. The normalized spacial score (nSPS) is 15.5. The van der Waals surface area contributed by atoms with E-state index >= 15 is 0 Å². The molecule has 6 heteroatoms. The van der Waals surface area contributed by atoms with Crippen molar-refractivity contribution in [3.8, 4) is 11.5 Å². The van der Waals surface area contributed by atoms with Gasteiger partial charge in [-0.3, -0.25) is 4.79 Å². The van der Waals surface area contributed by atoms with Crippen molar-refractivity contribution in [3.63, 3.8) is 0 Å². The molecular formula is C21H21IN2O3. The molecule has 0 N–H and O–H groups in total. The van der Waals surface area contributed by atoms with Gasteiger partial charge in [-0.2, -0.15) is 10.1 Å². The van der Waals surface area contributed by atoms with Crippen molar-refractivity contribution in [2.45, 2.75) is 26.9 Å². The summed E-state index contributed by atoms with van der Waals surface area (Å²) in [6.07, 6.45) is 1.88. The maximum Gasteiger partial charge on any atom is 0.280 e. The molecule has 27 heavy (non-hydrogen) atoms. The SMILES string of the molecule is COc1cc(/C=C2/C(=O)N(c3ccccc3)N=C2C)cc(I)c1OC(C)C. The Bertz CT molecular complexity index is 921. The Balaban J connectivity index is 1.96. The molecule has 0 unspecified atom stereocenters. The summed E-state index contributed by atoms with van der Waals surface area (Å²) in [4.78, 5) is 12.9. The van der Waals surface area contributed by atoms with Crippen LogP contribution in [0.2, 0.25) is 0 Å². The highest BCUT2D eigenvalue weighted by Gasteiger charge is 2.28. The Morgan fingerprint density at radius 1 is 1.19 bits per heavy atom. The van der Waals surface area contributed by atoms with Gasteiger partial charge in [-0.05, 0) is 79.3 Å². The topological polar surface area (TPSA) is 51.1 Å². The highest BCUT2D eigenvalue weighted by atomic mass is 127. The fourth-order valence-corrected chi connectivity index (χ4v) is 3.52. The Morgan fingerprint density at radius 3 is 2.52 bits per heavy atom. The highest BCUT2D eigenvalue weighted by Crippen LogP contribution is 2.36. The van der Waals surface area contributed by atoms with Gasteiger partial charge in [0.2, 0.25) is 0 Å². The van der Waals surface area contributed by atoms with Gasteiger partial charge in [0.15, 0.2) is 11.5 Å². The minimum absolute atomic E-state index is 0.0434. The summed E-state index contributed by atoms with van der Waals surface area (Å²) in [5.74, 6) is 1.21. The Hall–Kier alpha value is -2.35. The number of hydrogen-bond acceptors (Lipinski definition) is 4. The quantitative estimate of drug-likeness (QED) is 0.456. The number of para-hydroxylation sites is 1. The third kappa shape index (κ3) is 4.16. The molecule has 1 aliphatic heterocycles. The standard InChI is InChI=1S/C21H21IN2O3/c1-13(2)27-20-18(22)11-15(12-19(20)26-4)10-17-14(3)23-24(21(17)25)16-8-6-5-7-9-16/h5-13H,1-4H3/b17-10+. The van der Waals surface area contributed by atoms with E-state index in [1.807, 2.05) is 69.3 Å². The zero-order chi connectivity index (χ0) is 19.6. The lowest BCUT2D eigenvalue weighted by Gasteiger charge is -2.16. The van der Waals surface area contributed by atoms with E-state index in [4.69, 9.17) is 9.47 Å². The van der Waals surface area contributed by atoms with Crippen molar-refractivity contribution in [2.75, 3.05) is 12.1 Å². The van der Waals surface area contributed by atoms with E-state index in [1.165, 1.54) is 5.01 Å². The molecule has 2 aromatic carbocycles. The van der Waals surface area contributed by atoms with Gasteiger partial charge >= 0.3 is 0 Å². The molecule has 0 atom stereocenters. The molecule has 1 amide bonds.